The lowest BCUT2D eigenvalue weighted by molar-refractivity contribution is -0.115. The molecule has 4 heterocycles. The molecule has 0 aliphatic carbocycles. The topological polar surface area (TPSA) is 111 Å². The van der Waals surface area contributed by atoms with Crippen molar-refractivity contribution in [2.45, 2.75) is 69.5 Å². The van der Waals surface area contributed by atoms with Gasteiger partial charge in [-0.3, -0.25) is 9.59 Å². The number of rotatable bonds is 9. The van der Waals surface area contributed by atoms with Gasteiger partial charge in [0.1, 0.15) is 0 Å². The summed E-state index contributed by atoms with van der Waals surface area (Å²) < 4.78 is 28.8. The number of carbonyl (C=O) groups is 2. The summed E-state index contributed by atoms with van der Waals surface area (Å²) in [4.78, 5) is 27.2. The van der Waals surface area contributed by atoms with Crippen molar-refractivity contribution in [1.82, 2.24) is 19.8 Å². The average Bonchev–Trinajstić information content (AvgIpc) is 3.35. The van der Waals surface area contributed by atoms with Crippen LogP contribution in [0.25, 0.3) is 0 Å². The summed E-state index contributed by atoms with van der Waals surface area (Å²) in [6, 6.07) is 3.09. The summed E-state index contributed by atoms with van der Waals surface area (Å²) in [6.07, 6.45) is 6.14. The highest BCUT2D eigenvalue weighted by atomic mass is 35.5. The van der Waals surface area contributed by atoms with Gasteiger partial charge in [0.15, 0.2) is 0 Å². The predicted octanol–water partition coefficient (Wildman–Crippen LogP) is 2.21. The number of nitrogens with zero attached hydrogens (tertiary/aromatic N) is 2. The Morgan fingerprint density at radius 2 is 1.84 bits per heavy atom. The molecule has 0 radical (unpaired) electrons. The van der Waals surface area contributed by atoms with Crippen molar-refractivity contribution in [3.8, 4) is 0 Å². The molecule has 5 rings (SSSR count). The Kier molecular flexibility index (Phi) is 8.12. The van der Waals surface area contributed by atoms with Crippen LogP contribution in [-0.2, 0) is 21.2 Å². The summed E-state index contributed by atoms with van der Waals surface area (Å²) in [5.74, 6) is 0.0719. The Hall–Kier alpha value is -1.72. The van der Waals surface area contributed by atoms with Crippen LogP contribution in [0.15, 0.2) is 12.1 Å². The summed E-state index contributed by atoms with van der Waals surface area (Å²) in [5.41, 5.74) is 1.78. The Morgan fingerprint density at radius 1 is 1.14 bits per heavy atom. The molecule has 9 nitrogen and oxygen atoms in total. The van der Waals surface area contributed by atoms with E-state index >= 15 is 0 Å². The molecule has 2 unspecified atom stereocenters. The van der Waals surface area contributed by atoms with E-state index in [1.54, 1.807) is 16.4 Å². The SMILES string of the molecule is CNCCCN1CCC(CS(=O)(=O)N2C3CC[C@H]2CC(NC(=O)c2cc4c(cc2Cl)NC(=O)C4)C3)CC1. The molecule has 11 heteroatoms. The van der Waals surface area contributed by atoms with E-state index < -0.39 is 10.0 Å². The quantitative estimate of drug-likeness (QED) is 0.406. The van der Waals surface area contributed by atoms with Gasteiger partial charge in [-0.25, -0.2) is 8.42 Å². The molecule has 0 spiro atoms. The lowest BCUT2D eigenvalue weighted by Crippen LogP contribution is -2.53. The number of likely N-dealkylation sites (tertiary alicyclic amines) is 1. The van der Waals surface area contributed by atoms with Gasteiger partial charge in [0.25, 0.3) is 5.91 Å². The van der Waals surface area contributed by atoms with Gasteiger partial charge in [-0.05, 0) is 102 Å². The van der Waals surface area contributed by atoms with Crippen LogP contribution in [0.2, 0.25) is 5.02 Å². The van der Waals surface area contributed by atoms with Gasteiger partial charge < -0.3 is 20.9 Å². The van der Waals surface area contributed by atoms with Gasteiger partial charge in [-0.15, -0.1) is 0 Å². The van der Waals surface area contributed by atoms with Crippen molar-refractivity contribution in [3.05, 3.63) is 28.3 Å². The third kappa shape index (κ3) is 5.98. The Bertz CT molecular complexity index is 1120. The highest BCUT2D eigenvalue weighted by Gasteiger charge is 2.47. The number of hydrogen-bond donors (Lipinski definition) is 3. The smallest absolute Gasteiger partial charge is 0.253 e. The fourth-order valence-electron chi connectivity index (χ4n) is 6.63. The molecule has 4 aliphatic rings. The van der Waals surface area contributed by atoms with Crippen LogP contribution < -0.4 is 16.0 Å². The van der Waals surface area contributed by atoms with Gasteiger partial charge in [0.05, 0.1) is 22.8 Å². The molecule has 1 aromatic carbocycles. The first kappa shape index (κ1) is 26.9. The molecule has 3 atom stereocenters. The van der Waals surface area contributed by atoms with E-state index in [0.717, 1.165) is 63.8 Å². The minimum atomic E-state index is -3.35. The lowest BCUT2D eigenvalue weighted by atomic mass is 9.99. The van der Waals surface area contributed by atoms with Crippen molar-refractivity contribution in [2.75, 3.05) is 44.3 Å². The van der Waals surface area contributed by atoms with Gasteiger partial charge in [0.2, 0.25) is 15.9 Å². The molecule has 2 amide bonds. The number of fused-ring (bicyclic) bond motifs is 3. The molecule has 3 N–H and O–H groups in total. The summed E-state index contributed by atoms with van der Waals surface area (Å²) in [7, 11) is -1.38. The molecule has 37 heavy (non-hydrogen) atoms. The summed E-state index contributed by atoms with van der Waals surface area (Å²) >= 11 is 6.35. The number of amides is 2. The van der Waals surface area contributed by atoms with E-state index in [1.807, 2.05) is 7.05 Å². The average molecular weight is 552 g/mol. The van der Waals surface area contributed by atoms with E-state index in [-0.39, 0.29) is 48.0 Å². The number of carbonyl (C=O) groups excluding carboxylic acids is 2. The Balaban J connectivity index is 1.16. The summed E-state index contributed by atoms with van der Waals surface area (Å²) in [5, 5.41) is 9.32. The molecule has 1 aromatic rings. The molecule has 4 aliphatic heterocycles. The number of halogens is 1. The van der Waals surface area contributed by atoms with E-state index in [0.29, 0.717) is 29.1 Å². The number of benzene rings is 1. The van der Waals surface area contributed by atoms with Gasteiger partial charge in [-0.2, -0.15) is 4.31 Å². The molecule has 2 bridgehead atoms. The van der Waals surface area contributed by atoms with Crippen LogP contribution in [0.5, 0.6) is 0 Å². The summed E-state index contributed by atoms with van der Waals surface area (Å²) in [6.45, 7) is 4.02. The first-order valence-corrected chi connectivity index (χ1v) is 15.5. The van der Waals surface area contributed by atoms with Crippen LogP contribution in [0.3, 0.4) is 0 Å². The molecular weight excluding hydrogens is 514 g/mol. The van der Waals surface area contributed by atoms with Crippen molar-refractivity contribution >= 4 is 39.1 Å². The Labute approximate surface area is 224 Å². The molecule has 0 saturated carbocycles. The minimum absolute atomic E-state index is 0.0620. The largest absolute Gasteiger partial charge is 0.349 e. The number of sulfonamides is 1. The predicted molar refractivity (Wildman–Crippen MR) is 144 cm³/mol. The fourth-order valence-corrected chi connectivity index (χ4v) is 9.27. The first-order chi connectivity index (χ1) is 17.7. The monoisotopic (exact) mass is 551 g/mol. The third-order valence-corrected chi connectivity index (χ3v) is 10.9. The van der Waals surface area contributed by atoms with E-state index in [4.69, 9.17) is 11.6 Å². The van der Waals surface area contributed by atoms with Crippen molar-refractivity contribution in [3.63, 3.8) is 0 Å². The number of anilines is 1. The van der Waals surface area contributed by atoms with Crippen molar-refractivity contribution < 1.29 is 18.0 Å². The van der Waals surface area contributed by atoms with Crippen LogP contribution >= 0.6 is 11.6 Å². The second-order valence-electron chi connectivity index (χ2n) is 11.1. The zero-order chi connectivity index (χ0) is 26.2. The number of piperidine rings is 2. The molecule has 204 valence electrons. The van der Waals surface area contributed by atoms with Crippen LogP contribution in [-0.4, -0.2) is 86.5 Å². The second kappa shape index (κ2) is 11.2. The zero-order valence-electron chi connectivity index (χ0n) is 21.5. The van der Waals surface area contributed by atoms with E-state index in [1.165, 1.54) is 0 Å². The second-order valence-corrected chi connectivity index (χ2v) is 13.4. The number of nitrogens with one attached hydrogen (secondary N) is 3. The zero-order valence-corrected chi connectivity index (χ0v) is 23.0. The van der Waals surface area contributed by atoms with Crippen LogP contribution in [0.4, 0.5) is 5.69 Å². The van der Waals surface area contributed by atoms with Crippen LogP contribution in [0.1, 0.15) is 60.9 Å². The maximum atomic E-state index is 13.5. The molecule has 3 saturated heterocycles. The maximum Gasteiger partial charge on any atom is 0.253 e. The van der Waals surface area contributed by atoms with Crippen molar-refractivity contribution in [2.24, 2.45) is 5.92 Å². The standard InChI is InChI=1S/C26H38ClN5O4S/c1-28-7-2-8-31-9-5-17(6-10-31)16-37(35,36)32-20-3-4-21(32)14-19(13-20)29-26(34)22-11-18-12-25(33)30-24(18)15-23(22)27/h11,15,17,19-21,28H,2-10,12-14,16H2,1H3,(H,29,34)(H,30,33)/t19?,20-,21?/m0/s1. The van der Waals surface area contributed by atoms with E-state index in [2.05, 4.69) is 20.9 Å². The Morgan fingerprint density at radius 3 is 2.51 bits per heavy atom. The molecular formula is C26H38ClN5O4S. The highest BCUT2D eigenvalue weighted by molar-refractivity contribution is 7.89. The first-order valence-electron chi connectivity index (χ1n) is 13.5. The van der Waals surface area contributed by atoms with Crippen LogP contribution in [0, 0.1) is 5.92 Å². The van der Waals surface area contributed by atoms with Gasteiger partial charge in [-0.1, -0.05) is 11.6 Å². The third-order valence-electron chi connectivity index (χ3n) is 8.44. The highest BCUT2D eigenvalue weighted by Crippen LogP contribution is 2.39. The molecule has 0 aromatic heterocycles. The maximum absolute atomic E-state index is 13.5. The fraction of sp³-hybridized carbons (Fsp3) is 0.692. The lowest BCUT2D eigenvalue weighted by Gasteiger charge is -2.39. The van der Waals surface area contributed by atoms with Crippen molar-refractivity contribution in [1.29, 1.82) is 0 Å². The van der Waals surface area contributed by atoms with Gasteiger partial charge >= 0.3 is 0 Å². The molecule has 3 fully saturated rings. The van der Waals surface area contributed by atoms with E-state index in [9.17, 15) is 18.0 Å². The number of hydrogen-bond acceptors (Lipinski definition) is 6. The normalized spacial score (nSPS) is 26.8. The minimum Gasteiger partial charge on any atom is -0.349 e. The van der Waals surface area contributed by atoms with Gasteiger partial charge in [0, 0.05) is 23.8 Å².